The summed E-state index contributed by atoms with van der Waals surface area (Å²) in [7, 11) is 1.91. The SMILES string of the molecule is CCOc1ccc2[nH]c(=O)c(CN3CCc4c(c(CO)nn4C)C3)cc2c1. The Hall–Kier alpha value is -2.64. The lowest BCUT2D eigenvalue weighted by atomic mass is 10.0. The van der Waals surface area contributed by atoms with E-state index >= 15 is 0 Å². The predicted molar refractivity (Wildman–Crippen MR) is 103 cm³/mol. The molecule has 0 fully saturated rings. The average molecular weight is 368 g/mol. The highest BCUT2D eigenvalue weighted by Crippen LogP contribution is 2.24. The first-order valence-electron chi connectivity index (χ1n) is 9.24. The fraction of sp³-hybridized carbons (Fsp3) is 0.400. The highest BCUT2D eigenvalue weighted by atomic mass is 16.5. The zero-order valence-corrected chi connectivity index (χ0v) is 15.7. The third-order valence-electron chi connectivity index (χ3n) is 5.15. The van der Waals surface area contributed by atoms with Crippen molar-refractivity contribution in [1.29, 1.82) is 0 Å². The Labute approximate surface area is 157 Å². The van der Waals surface area contributed by atoms with Gasteiger partial charge in [-0.2, -0.15) is 5.10 Å². The van der Waals surface area contributed by atoms with Crippen molar-refractivity contribution in [2.24, 2.45) is 7.05 Å². The molecule has 7 nitrogen and oxygen atoms in total. The van der Waals surface area contributed by atoms with E-state index in [2.05, 4.69) is 15.0 Å². The molecule has 0 saturated carbocycles. The molecule has 3 aromatic rings. The highest BCUT2D eigenvalue weighted by Gasteiger charge is 2.24. The fourth-order valence-electron chi connectivity index (χ4n) is 3.83. The molecule has 142 valence electrons. The number of hydrogen-bond donors (Lipinski definition) is 2. The molecule has 0 atom stereocenters. The molecule has 27 heavy (non-hydrogen) atoms. The van der Waals surface area contributed by atoms with E-state index in [1.165, 1.54) is 5.69 Å². The van der Waals surface area contributed by atoms with Gasteiger partial charge < -0.3 is 14.8 Å². The summed E-state index contributed by atoms with van der Waals surface area (Å²) in [6, 6.07) is 7.65. The van der Waals surface area contributed by atoms with Crippen molar-refractivity contribution in [2.75, 3.05) is 13.2 Å². The number of benzene rings is 1. The van der Waals surface area contributed by atoms with Gasteiger partial charge in [-0.05, 0) is 31.2 Å². The molecule has 2 N–H and O–H groups in total. The Morgan fingerprint density at radius 3 is 2.96 bits per heavy atom. The number of aromatic amines is 1. The van der Waals surface area contributed by atoms with Crippen molar-refractivity contribution >= 4 is 10.9 Å². The Balaban J connectivity index is 1.61. The molecule has 4 rings (SSSR count). The van der Waals surface area contributed by atoms with Crippen LogP contribution in [0.1, 0.15) is 29.4 Å². The summed E-state index contributed by atoms with van der Waals surface area (Å²) in [5, 5.41) is 14.9. The lowest BCUT2D eigenvalue weighted by Gasteiger charge is -2.27. The van der Waals surface area contributed by atoms with Gasteiger partial charge in [-0.3, -0.25) is 14.4 Å². The lowest BCUT2D eigenvalue weighted by molar-refractivity contribution is 0.235. The standard InChI is InChI=1S/C20H24N4O3/c1-3-27-15-4-5-17-13(9-15)8-14(20(26)21-17)10-24-7-6-19-16(11-24)18(12-25)22-23(19)2/h4-5,8-9,25H,3,6-7,10-12H2,1-2H3,(H,21,26). The largest absolute Gasteiger partial charge is 0.494 e. The number of aliphatic hydroxyl groups is 1. The summed E-state index contributed by atoms with van der Waals surface area (Å²) < 4.78 is 7.42. The Bertz CT molecular complexity index is 1040. The summed E-state index contributed by atoms with van der Waals surface area (Å²) >= 11 is 0. The average Bonchev–Trinajstić information content (AvgIpc) is 2.98. The molecule has 3 heterocycles. The van der Waals surface area contributed by atoms with Gasteiger partial charge in [-0.1, -0.05) is 0 Å². The monoisotopic (exact) mass is 368 g/mol. The first kappa shape index (κ1) is 17.8. The maximum atomic E-state index is 12.5. The maximum absolute atomic E-state index is 12.5. The van der Waals surface area contributed by atoms with Gasteiger partial charge in [0.15, 0.2) is 0 Å². The Morgan fingerprint density at radius 2 is 2.19 bits per heavy atom. The minimum atomic E-state index is -0.0639. The normalized spacial score (nSPS) is 14.5. The van der Waals surface area contributed by atoms with Gasteiger partial charge in [-0.25, -0.2) is 0 Å². The fourth-order valence-corrected chi connectivity index (χ4v) is 3.83. The van der Waals surface area contributed by atoms with Crippen LogP contribution in [0.4, 0.5) is 0 Å². The second-order valence-corrected chi connectivity index (χ2v) is 6.92. The van der Waals surface area contributed by atoms with Crippen LogP contribution in [0.25, 0.3) is 10.9 Å². The second kappa shape index (κ2) is 7.17. The highest BCUT2D eigenvalue weighted by molar-refractivity contribution is 5.80. The van der Waals surface area contributed by atoms with Gasteiger partial charge in [-0.15, -0.1) is 0 Å². The van der Waals surface area contributed by atoms with E-state index in [1.807, 2.05) is 42.9 Å². The number of aliphatic hydroxyl groups excluding tert-OH is 1. The maximum Gasteiger partial charge on any atom is 0.252 e. The molecule has 1 aliphatic rings. The zero-order chi connectivity index (χ0) is 19.0. The molecule has 0 spiro atoms. The van der Waals surface area contributed by atoms with Crippen molar-refractivity contribution in [1.82, 2.24) is 19.7 Å². The van der Waals surface area contributed by atoms with Crippen molar-refractivity contribution < 1.29 is 9.84 Å². The smallest absolute Gasteiger partial charge is 0.252 e. The number of aromatic nitrogens is 3. The Morgan fingerprint density at radius 1 is 1.33 bits per heavy atom. The molecular weight excluding hydrogens is 344 g/mol. The molecule has 1 aliphatic heterocycles. The quantitative estimate of drug-likeness (QED) is 0.716. The number of H-pyrrole nitrogens is 1. The molecule has 7 heteroatoms. The summed E-state index contributed by atoms with van der Waals surface area (Å²) in [6.45, 7) is 4.60. The summed E-state index contributed by atoms with van der Waals surface area (Å²) in [5.41, 5.74) is 4.46. The van der Waals surface area contributed by atoms with Crippen molar-refractivity contribution in [3.8, 4) is 5.75 Å². The zero-order valence-electron chi connectivity index (χ0n) is 15.7. The molecule has 1 aromatic carbocycles. The molecular formula is C20H24N4O3. The number of aryl methyl sites for hydroxylation is 1. The second-order valence-electron chi connectivity index (χ2n) is 6.92. The van der Waals surface area contributed by atoms with E-state index in [9.17, 15) is 9.90 Å². The van der Waals surface area contributed by atoms with Crippen molar-refractivity contribution in [3.05, 3.63) is 57.1 Å². The van der Waals surface area contributed by atoms with Crippen molar-refractivity contribution in [2.45, 2.75) is 33.0 Å². The summed E-state index contributed by atoms with van der Waals surface area (Å²) in [6.07, 6.45) is 0.860. The first-order chi connectivity index (χ1) is 13.1. The third-order valence-corrected chi connectivity index (χ3v) is 5.15. The van der Waals surface area contributed by atoms with E-state index in [0.717, 1.165) is 46.4 Å². The minimum absolute atomic E-state index is 0.0617. The van der Waals surface area contributed by atoms with E-state index in [-0.39, 0.29) is 12.2 Å². The topological polar surface area (TPSA) is 83.4 Å². The molecule has 0 unspecified atom stereocenters. The number of nitrogens with zero attached hydrogens (tertiary/aromatic N) is 3. The van der Waals surface area contributed by atoms with E-state index < -0.39 is 0 Å². The van der Waals surface area contributed by atoms with Crippen LogP contribution in [0.3, 0.4) is 0 Å². The molecule has 0 amide bonds. The van der Waals surface area contributed by atoms with Crippen LogP contribution in [0.15, 0.2) is 29.1 Å². The molecule has 0 bridgehead atoms. The minimum Gasteiger partial charge on any atom is -0.494 e. The van der Waals surface area contributed by atoms with Crippen LogP contribution in [0.2, 0.25) is 0 Å². The van der Waals surface area contributed by atoms with Crippen LogP contribution >= 0.6 is 0 Å². The summed E-state index contributed by atoms with van der Waals surface area (Å²) in [5.74, 6) is 0.800. The van der Waals surface area contributed by atoms with E-state index in [0.29, 0.717) is 19.7 Å². The third kappa shape index (κ3) is 3.36. The van der Waals surface area contributed by atoms with Crippen LogP contribution in [0, 0.1) is 0 Å². The number of nitrogens with one attached hydrogen (secondary N) is 1. The van der Waals surface area contributed by atoms with Crippen LogP contribution in [-0.4, -0.2) is 37.9 Å². The molecule has 0 radical (unpaired) electrons. The van der Waals surface area contributed by atoms with Gasteiger partial charge in [0.2, 0.25) is 0 Å². The number of rotatable bonds is 5. The van der Waals surface area contributed by atoms with Crippen LogP contribution in [-0.2, 0) is 33.2 Å². The first-order valence-corrected chi connectivity index (χ1v) is 9.24. The van der Waals surface area contributed by atoms with Gasteiger partial charge in [0.1, 0.15) is 5.75 Å². The number of hydrogen-bond acceptors (Lipinski definition) is 5. The number of pyridine rings is 1. The summed E-state index contributed by atoms with van der Waals surface area (Å²) in [4.78, 5) is 17.7. The van der Waals surface area contributed by atoms with Crippen LogP contribution < -0.4 is 10.3 Å². The Kier molecular flexibility index (Phi) is 4.72. The van der Waals surface area contributed by atoms with E-state index in [1.54, 1.807) is 0 Å². The predicted octanol–water partition coefficient (Wildman–Crippen LogP) is 1.71. The number of fused-ring (bicyclic) bond motifs is 2. The van der Waals surface area contributed by atoms with E-state index in [4.69, 9.17) is 4.74 Å². The molecule has 2 aromatic heterocycles. The van der Waals surface area contributed by atoms with Crippen LogP contribution in [0.5, 0.6) is 5.75 Å². The van der Waals surface area contributed by atoms with Gasteiger partial charge in [0, 0.05) is 60.8 Å². The lowest BCUT2D eigenvalue weighted by Crippen LogP contribution is -2.32. The van der Waals surface area contributed by atoms with Gasteiger partial charge in [0.05, 0.1) is 18.9 Å². The van der Waals surface area contributed by atoms with Gasteiger partial charge in [0.25, 0.3) is 5.56 Å². The van der Waals surface area contributed by atoms with Gasteiger partial charge >= 0.3 is 0 Å². The molecule has 0 aliphatic carbocycles. The molecule has 0 saturated heterocycles. The number of ether oxygens (including phenoxy) is 1. The van der Waals surface area contributed by atoms with Crippen molar-refractivity contribution in [3.63, 3.8) is 0 Å².